The lowest BCUT2D eigenvalue weighted by Crippen LogP contribution is -2.36. The van der Waals surface area contributed by atoms with Crippen molar-refractivity contribution in [1.82, 2.24) is 24.5 Å². The Morgan fingerprint density at radius 2 is 1.90 bits per heavy atom. The van der Waals surface area contributed by atoms with Gasteiger partial charge in [-0.25, -0.2) is 19.3 Å². The quantitative estimate of drug-likeness (QED) is 0.662. The summed E-state index contributed by atoms with van der Waals surface area (Å²) in [5.41, 5.74) is 0.369. The molecule has 1 saturated carbocycles. The van der Waals surface area contributed by atoms with Crippen molar-refractivity contribution in [1.29, 1.82) is 0 Å². The fraction of sp³-hybridized carbons (Fsp3) is 0.350. The van der Waals surface area contributed by atoms with E-state index in [1.165, 1.54) is 22.9 Å². The summed E-state index contributed by atoms with van der Waals surface area (Å²) in [6.45, 7) is 1.74. The number of hydrogen-bond donors (Lipinski definition) is 0. The molecule has 1 saturated heterocycles. The minimum absolute atomic E-state index is 0.224. The van der Waals surface area contributed by atoms with E-state index in [1.54, 1.807) is 19.4 Å². The van der Waals surface area contributed by atoms with Gasteiger partial charge < -0.3 is 9.80 Å². The number of pyridine rings is 1. The molecule has 0 amide bonds. The van der Waals surface area contributed by atoms with E-state index < -0.39 is 5.82 Å². The summed E-state index contributed by atoms with van der Waals surface area (Å²) >= 11 is 0. The highest BCUT2D eigenvalue weighted by Crippen LogP contribution is 2.49. The van der Waals surface area contributed by atoms with E-state index in [1.807, 2.05) is 18.0 Å². The predicted octanol–water partition coefficient (Wildman–Crippen LogP) is 1.34. The molecule has 0 radical (unpaired) electrons. The molecule has 148 valence electrons. The number of halogens is 1. The van der Waals surface area contributed by atoms with Gasteiger partial charge in [-0.2, -0.15) is 0 Å². The number of piperidine rings is 1. The van der Waals surface area contributed by atoms with Crippen molar-refractivity contribution in [3.63, 3.8) is 0 Å². The highest BCUT2D eigenvalue weighted by molar-refractivity contribution is 5.60. The molecule has 8 nitrogen and oxygen atoms in total. The standard InChI is InChI=1S/C20H20FN7O/c1-26-17(29)8-16(12-4-7-22-9-15(12)21)25-20(26)27(2)18-13-10-28(11-14(13)18)19-23-5-3-6-24-19/h3-9,13-14,18H,10-11H2,1-2H3/t13-,14+,18-. The van der Waals surface area contributed by atoms with Gasteiger partial charge in [0.1, 0.15) is 0 Å². The Morgan fingerprint density at radius 1 is 1.17 bits per heavy atom. The molecule has 3 aromatic heterocycles. The zero-order valence-corrected chi connectivity index (χ0v) is 16.1. The van der Waals surface area contributed by atoms with Crippen molar-refractivity contribution in [2.24, 2.45) is 18.9 Å². The van der Waals surface area contributed by atoms with Gasteiger partial charge in [-0.3, -0.25) is 14.3 Å². The van der Waals surface area contributed by atoms with Crippen molar-refractivity contribution in [2.45, 2.75) is 6.04 Å². The monoisotopic (exact) mass is 393 g/mol. The van der Waals surface area contributed by atoms with Crippen LogP contribution in [0.15, 0.2) is 47.8 Å². The average molecular weight is 393 g/mol. The van der Waals surface area contributed by atoms with Gasteiger partial charge >= 0.3 is 0 Å². The van der Waals surface area contributed by atoms with E-state index >= 15 is 0 Å². The fourth-order valence-electron chi connectivity index (χ4n) is 4.38. The SMILES string of the molecule is CN(c1nc(-c2ccncc2F)cc(=O)n1C)[C@@H]1[C@@H]2CN(c3ncccn3)C[C@@H]21. The first kappa shape index (κ1) is 17.7. The van der Waals surface area contributed by atoms with Crippen LogP contribution in [0.5, 0.6) is 0 Å². The first-order valence-electron chi connectivity index (χ1n) is 9.47. The van der Waals surface area contributed by atoms with Crippen LogP contribution in [0, 0.1) is 17.7 Å². The van der Waals surface area contributed by atoms with Gasteiger partial charge in [0.25, 0.3) is 5.56 Å². The fourth-order valence-corrected chi connectivity index (χ4v) is 4.38. The van der Waals surface area contributed by atoms with Crippen LogP contribution in [0.4, 0.5) is 16.3 Å². The molecule has 9 heteroatoms. The van der Waals surface area contributed by atoms with Crippen LogP contribution in [-0.2, 0) is 7.05 Å². The van der Waals surface area contributed by atoms with Gasteiger partial charge in [0.2, 0.25) is 11.9 Å². The highest BCUT2D eigenvalue weighted by atomic mass is 19.1. The number of fused-ring (bicyclic) bond motifs is 1. The van der Waals surface area contributed by atoms with Crippen molar-refractivity contribution >= 4 is 11.9 Å². The largest absolute Gasteiger partial charge is 0.342 e. The van der Waals surface area contributed by atoms with Crippen molar-refractivity contribution in [3.05, 3.63) is 59.2 Å². The van der Waals surface area contributed by atoms with Gasteiger partial charge in [-0.05, 0) is 12.1 Å². The van der Waals surface area contributed by atoms with E-state index in [9.17, 15) is 9.18 Å². The molecule has 1 aliphatic heterocycles. The minimum atomic E-state index is -0.497. The third-order valence-corrected chi connectivity index (χ3v) is 5.91. The first-order chi connectivity index (χ1) is 14.0. The first-order valence-corrected chi connectivity index (χ1v) is 9.47. The normalized spacial score (nSPS) is 22.4. The van der Waals surface area contributed by atoms with Crippen LogP contribution in [0.3, 0.4) is 0 Å². The number of rotatable bonds is 4. The Bertz CT molecular complexity index is 1110. The van der Waals surface area contributed by atoms with E-state index in [0.29, 0.717) is 23.5 Å². The molecule has 0 aromatic carbocycles. The van der Waals surface area contributed by atoms with E-state index in [-0.39, 0.29) is 17.2 Å². The number of anilines is 2. The van der Waals surface area contributed by atoms with E-state index in [0.717, 1.165) is 25.2 Å². The summed E-state index contributed by atoms with van der Waals surface area (Å²) < 4.78 is 15.7. The number of nitrogens with zero attached hydrogens (tertiary/aromatic N) is 7. The Labute approximate surface area is 166 Å². The predicted molar refractivity (Wildman–Crippen MR) is 106 cm³/mol. The molecule has 0 spiro atoms. The zero-order valence-electron chi connectivity index (χ0n) is 16.1. The van der Waals surface area contributed by atoms with Gasteiger partial charge in [0.05, 0.1) is 11.9 Å². The second-order valence-corrected chi connectivity index (χ2v) is 7.58. The van der Waals surface area contributed by atoms with Crippen LogP contribution >= 0.6 is 0 Å². The molecule has 4 heterocycles. The Hall–Kier alpha value is -3.36. The molecule has 0 bridgehead atoms. The topological polar surface area (TPSA) is 80.0 Å². The Balaban J connectivity index is 1.40. The maximum absolute atomic E-state index is 14.2. The lowest BCUT2D eigenvalue weighted by atomic mass is 10.2. The molecule has 5 rings (SSSR count). The minimum Gasteiger partial charge on any atom is -0.342 e. The van der Waals surface area contributed by atoms with E-state index in [2.05, 4.69) is 24.8 Å². The number of hydrogen-bond acceptors (Lipinski definition) is 7. The van der Waals surface area contributed by atoms with Crippen LogP contribution < -0.4 is 15.4 Å². The molecule has 3 aromatic rings. The second kappa shape index (κ2) is 6.61. The summed E-state index contributed by atoms with van der Waals surface area (Å²) in [4.78, 5) is 33.8. The summed E-state index contributed by atoms with van der Waals surface area (Å²) in [6, 6.07) is 4.98. The summed E-state index contributed by atoms with van der Waals surface area (Å²) in [5, 5.41) is 0. The summed E-state index contributed by atoms with van der Waals surface area (Å²) in [5.74, 6) is 1.71. The molecule has 1 aliphatic carbocycles. The van der Waals surface area contributed by atoms with E-state index in [4.69, 9.17) is 0 Å². The van der Waals surface area contributed by atoms with Gasteiger partial charge in [-0.1, -0.05) is 0 Å². The Morgan fingerprint density at radius 3 is 2.59 bits per heavy atom. The molecule has 0 unspecified atom stereocenters. The summed E-state index contributed by atoms with van der Waals surface area (Å²) in [6.07, 6.45) is 6.12. The summed E-state index contributed by atoms with van der Waals surface area (Å²) in [7, 11) is 3.64. The third-order valence-electron chi connectivity index (χ3n) is 5.91. The van der Waals surface area contributed by atoms with Crippen molar-refractivity contribution in [3.8, 4) is 11.3 Å². The molecule has 2 aliphatic rings. The second-order valence-electron chi connectivity index (χ2n) is 7.58. The van der Waals surface area contributed by atoms with Gasteiger partial charge in [0, 0.05) is 75.3 Å². The van der Waals surface area contributed by atoms with Crippen molar-refractivity contribution in [2.75, 3.05) is 29.9 Å². The molecular formula is C20H20FN7O. The Kier molecular flexibility index (Phi) is 4.04. The van der Waals surface area contributed by atoms with Crippen LogP contribution in [-0.4, -0.2) is 50.7 Å². The molecular weight excluding hydrogens is 373 g/mol. The van der Waals surface area contributed by atoms with Crippen LogP contribution in [0.1, 0.15) is 0 Å². The highest BCUT2D eigenvalue weighted by Gasteiger charge is 2.58. The van der Waals surface area contributed by atoms with Crippen LogP contribution in [0.2, 0.25) is 0 Å². The number of aromatic nitrogens is 5. The lowest BCUT2D eigenvalue weighted by molar-refractivity contribution is 0.623. The van der Waals surface area contributed by atoms with Gasteiger partial charge in [0.15, 0.2) is 5.82 Å². The van der Waals surface area contributed by atoms with Crippen molar-refractivity contribution < 1.29 is 4.39 Å². The molecule has 2 fully saturated rings. The third kappa shape index (κ3) is 2.93. The lowest BCUT2D eigenvalue weighted by Gasteiger charge is -2.26. The molecule has 0 N–H and O–H groups in total. The molecule has 3 atom stereocenters. The van der Waals surface area contributed by atoms with Gasteiger partial charge in [-0.15, -0.1) is 0 Å². The smallest absolute Gasteiger partial charge is 0.255 e. The average Bonchev–Trinajstić information content (AvgIpc) is 3.23. The molecule has 29 heavy (non-hydrogen) atoms. The van der Waals surface area contributed by atoms with Crippen LogP contribution in [0.25, 0.3) is 11.3 Å². The maximum atomic E-state index is 14.2. The zero-order chi connectivity index (χ0) is 20.1. The maximum Gasteiger partial charge on any atom is 0.255 e.